The number of rotatable bonds is 7. The van der Waals surface area contributed by atoms with Crippen LogP contribution in [0.1, 0.15) is 60.3 Å². The number of carbonyl (C=O) groups excluding carboxylic acids is 2. The van der Waals surface area contributed by atoms with E-state index in [1.165, 1.54) is 6.08 Å². The van der Waals surface area contributed by atoms with E-state index in [-0.39, 0.29) is 31.0 Å². The van der Waals surface area contributed by atoms with Crippen molar-refractivity contribution < 1.29 is 24.3 Å². The summed E-state index contributed by atoms with van der Waals surface area (Å²) in [6, 6.07) is 0. The zero-order valence-corrected chi connectivity index (χ0v) is 16.7. The van der Waals surface area contributed by atoms with Crippen LogP contribution in [0, 0.1) is 22.7 Å². The average molecular weight is 367 g/mol. The fourth-order valence-corrected chi connectivity index (χ4v) is 3.85. The van der Waals surface area contributed by atoms with Crippen LogP contribution in [0.2, 0.25) is 0 Å². The van der Waals surface area contributed by atoms with E-state index in [1.807, 2.05) is 0 Å². The molecule has 0 aliphatic heterocycles. The van der Waals surface area contributed by atoms with Gasteiger partial charge in [0.2, 0.25) is 0 Å². The van der Waals surface area contributed by atoms with E-state index in [2.05, 4.69) is 32.5 Å². The lowest BCUT2D eigenvalue weighted by Crippen LogP contribution is -2.52. The van der Waals surface area contributed by atoms with E-state index >= 15 is 0 Å². The lowest BCUT2D eigenvalue weighted by atomic mass is 9.59. The van der Waals surface area contributed by atoms with Crippen LogP contribution >= 0.6 is 0 Å². The van der Waals surface area contributed by atoms with Crippen molar-refractivity contribution in [2.45, 2.75) is 60.3 Å². The Morgan fingerprint density at radius 1 is 1.23 bits per heavy atom. The van der Waals surface area contributed by atoms with E-state index in [0.717, 1.165) is 6.42 Å². The first kappa shape index (κ1) is 22.2. The molecule has 1 saturated carbocycles. The summed E-state index contributed by atoms with van der Waals surface area (Å²) in [5.41, 5.74) is -1.12. The maximum atomic E-state index is 13.0. The van der Waals surface area contributed by atoms with Crippen molar-refractivity contribution in [2.75, 3.05) is 13.2 Å². The Morgan fingerprint density at radius 2 is 1.77 bits per heavy atom. The Morgan fingerprint density at radius 3 is 2.15 bits per heavy atom. The smallest absolute Gasteiger partial charge is 0.324 e. The SMILES string of the molecule is C=CCC(C(=O)OCC)(C(=O)OCC)[C@H]1C[C@H](C(C)(C)C)CC/C1=N\O. The molecule has 1 aliphatic carbocycles. The van der Waals surface area contributed by atoms with Crippen LogP contribution in [-0.4, -0.2) is 36.1 Å². The highest BCUT2D eigenvalue weighted by atomic mass is 16.6. The molecule has 0 unspecified atom stereocenters. The molecule has 1 N–H and O–H groups in total. The van der Waals surface area contributed by atoms with Gasteiger partial charge in [0, 0.05) is 5.92 Å². The molecule has 2 atom stereocenters. The van der Waals surface area contributed by atoms with Crippen molar-refractivity contribution in [3.63, 3.8) is 0 Å². The molecule has 26 heavy (non-hydrogen) atoms. The van der Waals surface area contributed by atoms with Crippen LogP contribution in [0.5, 0.6) is 0 Å². The molecule has 1 aliphatic rings. The molecule has 1 rings (SSSR count). The van der Waals surface area contributed by atoms with Gasteiger partial charge in [0.25, 0.3) is 0 Å². The van der Waals surface area contributed by atoms with Crippen LogP contribution in [0.15, 0.2) is 17.8 Å². The molecule has 0 amide bonds. The van der Waals surface area contributed by atoms with E-state index in [9.17, 15) is 14.8 Å². The maximum absolute atomic E-state index is 13.0. The van der Waals surface area contributed by atoms with Gasteiger partial charge in [-0.25, -0.2) is 0 Å². The summed E-state index contributed by atoms with van der Waals surface area (Å²) in [6.45, 7) is 13.8. The summed E-state index contributed by atoms with van der Waals surface area (Å²) in [4.78, 5) is 26.0. The topological polar surface area (TPSA) is 85.2 Å². The largest absolute Gasteiger partial charge is 0.465 e. The molecule has 1 fully saturated rings. The van der Waals surface area contributed by atoms with Crippen molar-refractivity contribution in [3.05, 3.63) is 12.7 Å². The lowest BCUT2D eigenvalue weighted by Gasteiger charge is -2.44. The fourth-order valence-electron chi connectivity index (χ4n) is 3.85. The van der Waals surface area contributed by atoms with Crippen molar-refractivity contribution in [1.82, 2.24) is 0 Å². The number of nitrogens with zero attached hydrogens (tertiary/aromatic N) is 1. The fraction of sp³-hybridized carbons (Fsp3) is 0.750. The van der Waals surface area contributed by atoms with Gasteiger partial charge < -0.3 is 14.7 Å². The third-order valence-corrected chi connectivity index (χ3v) is 5.37. The Kier molecular flexibility index (Phi) is 7.85. The molecule has 0 aromatic rings. The van der Waals surface area contributed by atoms with Gasteiger partial charge in [-0.05, 0) is 50.9 Å². The molecule has 0 saturated heterocycles. The highest BCUT2D eigenvalue weighted by Gasteiger charge is 2.57. The van der Waals surface area contributed by atoms with Crippen molar-refractivity contribution >= 4 is 17.7 Å². The minimum absolute atomic E-state index is 0.00246. The zero-order valence-electron chi connectivity index (χ0n) is 16.7. The number of carbonyl (C=O) groups is 2. The molecule has 6 nitrogen and oxygen atoms in total. The van der Waals surface area contributed by atoms with Gasteiger partial charge in [-0.2, -0.15) is 0 Å². The third-order valence-electron chi connectivity index (χ3n) is 5.37. The predicted molar refractivity (Wildman–Crippen MR) is 100 cm³/mol. The normalized spacial score (nSPS) is 22.7. The highest BCUT2D eigenvalue weighted by Crippen LogP contribution is 2.48. The van der Waals surface area contributed by atoms with Gasteiger partial charge in [-0.1, -0.05) is 32.0 Å². The van der Waals surface area contributed by atoms with E-state index in [1.54, 1.807) is 13.8 Å². The van der Waals surface area contributed by atoms with E-state index in [0.29, 0.717) is 18.6 Å². The highest BCUT2D eigenvalue weighted by molar-refractivity contribution is 6.06. The zero-order chi connectivity index (χ0) is 20.0. The Balaban J connectivity index is 3.50. The molecule has 0 radical (unpaired) electrons. The predicted octanol–water partition coefficient (Wildman–Crippen LogP) is 3.97. The molecule has 148 valence electrons. The average Bonchev–Trinajstić information content (AvgIpc) is 2.58. The second-order valence-corrected chi connectivity index (χ2v) is 7.89. The minimum atomic E-state index is -1.57. The minimum Gasteiger partial charge on any atom is -0.465 e. The van der Waals surface area contributed by atoms with Gasteiger partial charge >= 0.3 is 11.9 Å². The molecule has 0 aromatic carbocycles. The van der Waals surface area contributed by atoms with Crippen molar-refractivity contribution in [1.29, 1.82) is 0 Å². The van der Waals surface area contributed by atoms with Crippen LogP contribution in [-0.2, 0) is 19.1 Å². The number of allylic oxidation sites excluding steroid dienone is 1. The quantitative estimate of drug-likeness (QED) is 0.242. The van der Waals surface area contributed by atoms with Gasteiger partial charge in [0.05, 0.1) is 18.9 Å². The Bertz CT molecular complexity index is 529. The molecular formula is C20H33NO5. The third kappa shape index (κ3) is 4.46. The number of hydrogen-bond acceptors (Lipinski definition) is 6. The van der Waals surface area contributed by atoms with Crippen LogP contribution in [0.3, 0.4) is 0 Å². The van der Waals surface area contributed by atoms with Gasteiger partial charge in [0.15, 0.2) is 5.41 Å². The van der Waals surface area contributed by atoms with E-state index < -0.39 is 23.3 Å². The summed E-state index contributed by atoms with van der Waals surface area (Å²) in [5.74, 6) is -1.59. The summed E-state index contributed by atoms with van der Waals surface area (Å²) in [6.07, 6.45) is 3.53. The molecule has 0 aromatic heterocycles. The monoisotopic (exact) mass is 367 g/mol. The second-order valence-electron chi connectivity index (χ2n) is 7.89. The van der Waals surface area contributed by atoms with Crippen molar-refractivity contribution in [3.8, 4) is 0 Å². The molecule has 6 heteroatoms. The lowest BCUT2D eigenvalue weighted by molar-refractivity contribution is -0.175. The second kappa shape index (κ2) is 9.19. The Labute approximate surface area is 156 Å². The first-order valence-corrected chi connectivity index (χ1v) is 9.35. The number of hydrogen-bond donors (Lipinski definition) is 1. The first-order chi connectivity index (χ1) is 12.2. The van der Waals surface area contributed by atoms with Gasteiger partial charge in [0.1, 0.15) is 0 Å². The van der Waals surface area contributed by atoms with Gasteiger partial charge in [-0.3, -0.25) is 9.59 Å². The van der Waals surface area contributed by atoms with Crippen LogP contribution in [0.25, 0.3) is 0 Å². The summed E-state index contributed by atoms with van der Waals surface area (Å²) in [7, 11) is 0. The standard InChI is InChI=1S/C20H33NO5/c1-7-12-20(17(22)25-8-2,18(23)26-9-3)15-13-14(19(4,5)6)10-11-16(15)21-24/h7,14-15,24H,1,8-13H2,2-6H3/b21-16+/t14-,15+/m1/s1. The summed E-state index contributed by atoms with van der Waals surface area (Å²) in [5, 5.41) is 13.0. The molecular weight excluding hydrogens is 334 g/mol. The van der Waals surface area contributed by atoms with Crippen LogP contribution in [0.4, 0.5) is 0 Å². The maximum Gasteiger partial charge on any atom is 0.324 e. The van der Waals surface area contributed by atoms with Crippen LogP contribution < -0.4 is 0 Å². The molecule has 0 bridgehead atoms. The van der Waals surface area contributed by atoms with Crippen molar-refractivity contribution in [2.24, 2.45) is 27.8 Å². The number of esters is 2. The Hall–Kier alpha value is -1.85. The summed E-state index contributed by atoms with van der Waals surface area (Å²) >= 11 is 0. The van der Waals surface area contributed by atoms with E-state index in [4.69, 9.17) is 9.47 Å². The first-order valence-electron chi connectivity index (χ1n) is 9.35. The number of oxime groups is 1. The summed E-state index contributed by atoms with van der Waals surface area (Å²) < 4.78 is 10.5. The number of ether oxygens (including phenoxy) is 2. The van der Waals surface area contributed by atoms with Gasteiger partial charge in [-0.15, -0.1) is 6.58 Å². The molecule has 0 heterocycles. The molecule has 0 spiro atoms.